The molecule has 1 aliphatic rings. The van der Waals surface area contributed by atoms with Gasteiger partial charge in [-0.25, -0.2) is 9.52 Å². The van der Waals surface area contributed by atoms with Crippen LogP contribution in [-0.4, -0.2) is 50.5 Å². The number of alkyl halides is 5. The normalized spacial score (nSPS) is 18.6. The first-order chi connectivity index (χ1) is 9.96. The van der Waals surface area contributed by atoms with Crippen molar-refractivity contribution in [3.05, 3.63) is 0 Å². The summed E-state index contributed by atoms with van der Waals surface area (Å²) >= 11 is 0. The number of amides is 2. The average molecular weight is 353 g/mol. The Labute approximate surface area is 124 Å². The lowest BCUT2D eigenvalue weighted by Crippen LogP contribution is -2.52. The molecule has 1 saturated heterocycles. The lowest BCUT2D eigenvalue weighted by atomic mass is 10.2. The number of urea groups is 1. The molecule has 2 N–H and O–H groups in total. The predicted octanol–water partition coefficient (Wildman–Crippen LogP) is 1.60. The van der Waals surface area contributed by atoms with E-state index in [4.69, 9.17) is 0 Å². The van der Waals surface area contributed by atoms with E-state index in [0.717, 1.165) is 17.1 Å². The van der Waals surface area contributed by atoms with Gasteiger partial charge in [0.15, 0.2) is 0 Å². The van der Waals surface area contributed by atoms with Gasteiger partial charge in [0, 0.05) is 13.1 Å². The second kappa shape index (κ2) is 6.94. The van der Waals surface area contributed by atoms with Crippen LogP contribution in [0.2, 0.25) is 0 Å². The fraction of sp³-hybridized carbons (Fsp3) is 0.900. The Morgan fingerprint density at radius 3 is 1.95 bits per heavy atom. The molecule has 0 unspecified atom stereocenters. The lowest BCUT2D eigenvalue weighted by Gasteiger charge is -2.22. The van der Waals surface area contributed by atoms with Crippen LogP contribution in [0, 0.1) is 0 Å². The molecule has 12 heteroatoms. The zero-order valence-corrected chi connectivity index (χ0v) is 12.2. The van der Waals surface area contributed by atoms with Crippen molar-refractivity contribution >= 4 is 16.2 Å². The van der Waals surface area contributed by atoms with E-state index in [0.29, 0.717) is 12.8 Å². The molecule has 0 aliphatic carbocycles. The maximum Gasteiger partial charge on any atom is 0.455 e. The molecule has 1 rings (SSSR count). The van der Waals surface area contributed by atoms with Crippen molar-refractivity contribution < 1.29 is 35.2 Å². The minimum atomic E-state index is -5.83. The van der Waals surface area contributed by atoms with E-state index in [1.54, 1.807) is 0 Å². The number of rotatable bonds is 4. The Bertz CT molecular complexity index is 487. The highest BCUT2D eigenvalue weighted by Gasteiger charge is 2.57. The first kappa shape index (κ1) is 18.9. The van der Waals surface area contributed by atoms with Gasteiger partial charge >= 0.3 is 28.3 Å². The smallest absolute Gasteiger partial charge is 0.331 e. The Hall–Kier alpha value is -1.17. The molecule has 0 aromatic heterocycles. The first-order valence-corrected chi connectivity index (χ1v) is 7.90. The molecule has 1 fully saturated rings. The summed E-state index contributed by atoms with van der Waals surface area (Å²) in [5.74, 6) is -5.14. The minimum absolute atomic E-state index is 0.154. The number of hydrogen-bond donors (Lipinski definition) is 2. The van der Waals surface area contributed by atoms with Gasteiger partial charge in [0.05, 0.1) is 6.54 Å². The summed E-state index contributed by atoms with van der Waals surface area (Å²) in [5, 5.41) is 1.21. The van der Waals surface area contributed by atoms with Crippen molar-refractivity contribution in [3.63, 3.8) is 0 Å². The largest absolute Gasteiger partial charge is 0.455 e. The summed E-state index contributed by atoms with van der Waals surface area (Å²) < 4.78 is 87.0. The number of carbonyl (C=O) groups excluding carboxylic acids is 1. The quantitative estimate of drug-likeness (QED) is 0.754. The molecule has 0 atom stereocenters. The predicted molar refractivity (Wildman–Crippen MR) is 66.5 cm³/mol. The van der Waals surface area contributed by atoms with Crippen LogP contribution in [0.5, 0.6) is 0 Å². The third-order valence-electron chi connectivity index (χ3n) is 3.01. The van der Waals surface area contributed by atoms with E-state index in [1.807, 2.05) is 0 Å². The van der Waals surface area contributed by atoms with Gasteiger partial charge in [-0.1, -0.05) is 12.8 Å². The Balaban J connectivity index is 2.57. The van der Waals surface area contributed by atoms with Crippen LogP contribution in [0.1, 0.15) is 25.7 Å². The van der Waals surface area contributed by atoms with Crippen molar-refractivity contribution in [3.8, 4) is 0 Å². The molecule has 0 spiro atoms. The maximum absolute atomic E-state index is 12.6. The maximum atomic E-state index is 12.6. The van der Waals surface area contributed by atoms with Gasteiger partial charge in [0.2, 0.25) is 0 Å². The van der Waals surface area contributed by atoms with E-state index < -0.39 is 34.9 Å². The number of nitrogens with one attached hydrogen (secondary N) is 2. The van der Waals surface area contributed by atoms with Crippen LogP contribution >= 0.6 is 0 Å². The second-order valence-corrected chi connectivity index (χ2v) is 6.48. The highest BCUT2D eigenvalue weighted by molar-refractivity contribution is 7.87. The third kappa shape index (κ3) is 5.23. The van der Waals surface area contributed by atoms with Gasteiger partial charge in [0.1, 0.15) is 0 Å². The molecule has 1 aliphatic heterocycles. The van der Waals surface area contributed by atoms with Crippen LogP contribution in [0.3, 0.4) is 0 Å². The van der Waals surface area contributed by atoms with Gasteiger partial charge in [0.25, 0.3) is 0 Å². The summed E-state index contributed by atoms with van der Waals surface area (Å²) in [4.78, 5) is 11.2. The SMILES string of the molecule is O=C(NCC(F)(F)C(F)(F)F)NS(=O)(=O)N1CCCCCC1. The van der Waals surface area contributed by atoms with Crippen LogP contribution < -0.4 is 10.0 Å². The van der Waals surface area contributed by atoms with Gasteiger partial charge in [-0.2, -0.15) is 34.7 Å². The molecule has 0 saturated carbocycles. The molecule has 0 aromatic carbocycles. The minimum Gasteiger partial charge on any atom is -0.331 e. The number of hydrogen-bond acceptors (Lipinski definition) is 3. The number of halogens is 5. The van der Waals surface area contributed by atoms with Gasteiger partial charge < -0.3 is 5.32 Å². The van der Waals surface area contributed by atoms with Crippen LogP contribution in [-0.2, 0) is 10.2 Å². The van der Waals surface area contributed by atoms with E-state index in [2.05, 4.69) is 0 Å². The Morgan fingerprint density at radius 1 is 1.00 bits per heavy atom. The monoisotopic (exact) mass is 353 g/mol. The van der Waals surface area contributed by atoms with Crippen LogP contribution in [0.4, 0.5) is 26.7 Å². The number of nitrogens with zero attached hydrogens (tertiary/aromatic N) is 1. The van der Waals surface area contributed by atoms with E-state index in [-0.39, 0.29) is 13.1 Å². The van der Waals surface area contributed by atoms with Crippen molar-refractivity contribution in [1.82, 2.24) is 14.3 Å². The van der Waals surface area contributed by atoms with E-state index >= 15 is 0 Å². The second-order valence-electron chi connectivity index (χ2n) is 4.81. The summed E-state index contributed by atoms with van der Waals surface area (Å²) in [6, 6.07) is -1.63. The molecule has 0 radical (unpaired) electrons. The molecule has 22 heavy (non-hydrogen) atoms. The molecule has 0 aromatic rings. The molecule has 6 nitrogen and oxygen atoms in total. The standard InChI is InChI=1S/C10H16F5N3O3S/c11-9(12,10(13,14)15)7-16-8(19)17-22(20,21)18-5-3-1-2-4-6-18/h1-7H2,(H2,16,17,19). The summed E-state index contributed by atoms with van der Waals surface area (Å²) in [5.41, 5.74) is 0. The fourth-order valence-corrected chi connectivity index (χ4v) is 2.97. The van der Waals surface area contributed by atoms with Gasteiger partial charge in [-0.3, -0.25) is 0 Å². The highest BCUT2D eigenvalue weighted by atomic mass is 32.2. The third-order valence-corrected chi connectivity index (χ3v) is 4.50. The van der Waals surface area contributed by atoms with Crippen molar-refractivity contribution in [2.24, 2.45) is 0 Å². The Morgan fingerprint density at radius 2 is 1.50 bits per heavy atom. The topological polar surface area (TPSA) is 78.5 Å². The van der Waals surface area contributed by atoms with E-state index in [9.17, 15) is 35.2 Å². The Kier molecular flexibility index (Phi) is 5.96. The van der Waals surface area contributed by atoms with Crippen LogP contribution in [0.15, 0.2) is 0 Å². The van der Waals surface area contributed by atoms with Crippen molar-refractivity contribution in [2.75, 3.05) is 19.6 Å². The lowest BCUT2D eigenvalue weighted by molar-refractivity contribution is -0.278. The van der Waals surface area contributed by atoms with Crippen molar-refractivity contribution in [2.45, 2.75) is 37.8 Å². The zero-order valence-electron chi connectivity index (χ0n) is 11.4. The molecular weight excluding hydrogens is 337 g/mol. The molecular formula is C10H16F5N3O3S. The average Bonchev–Trinajstić information content (AvgIpc) is 2.64. The molecule has 1 heterocycles. The van der Waals surface area contributed by atoms with Crippen LogP contribution in [0.25, 0.3) is 0 Å². The molecule has 2 amide bonds. The fourth-order valence-electron chi connectivity index (χ4n) is 1.79. The van der Waals surface area contributed by atoms with Gasteiger partial charge in [-0.15, -0.1) is 0 Å². The summed E-state index contributed by atoms with van der Waals surface area (Å²) in [6.45, 7) is -1.74. The molecule has 0 bridgehead atoms. The van der Waals surface area contributed by atoms with Gasteiger partial charge in [-0.05, 0) is 12.8 Å². The van der Waals surface area contributed by atoms with Crippen molar-refractivity contribution in [1.29, 1.82) is 0 Å². The highest BCUT2D eigenvalue weighted by Crippen LogP contribution is 2.34. The summed E-state index contributed by atoms with van der Waals surface area (Å²) in [7, 11) is -4.26. The molecule has 130 valence electrons. The zero-order chi connectivity index (χ0) is 17.0. The first-order valence-electron chi connectivity index (χ1n) is 6.46. The number of carbonyl (C=O) groups is 1. The van der Waals surface area contributed by atoms with E-state index in [1.165, 1.54) is 10.0 Å². The summed E-state index contributed by atoms with van der Waals surface area (Å²) in [6.07, 6.45) is -3.04.